The summed E-state index contributed by atoms with van der Waals surface area (Å²) in [5.74, 6) is -6.25. The van der Waals surface area contributed by atoms with Crippen LogP contribution in [-0.4, -0.2) is 175 Å². The first-order valence-corrected chi connectivity index (χ1v) is 30.7. The third-order valence-corrected chi connectivity index (χ3v) is 15.5. The van der Waals surface area contributed by atoms with Gasteiger partial charge in [-0.2, -0.15) is 0 Å². The topological polar surface area (TPSA) is 463 Å². The average Bonchev–Trinajstić information content (AvgIpc) is 4.37. The second kappa shape index (κ2) is 35.5. The van der Waals surface area contributed by atoms with Crippen LogP contribution in [-0.2, 0) is 47.6 Å². The Morgan fingerprint density at radius 2 is 1.51 bits per heavy atom. The summed E-state index contributed by atoms with van der Waals surface area (Å²) in [6, 6.07) is -5.75. The molecular weight excluding hydrogens is 1120 g/mol. The van der Waals surface area contributed by atoms with Crippen LogP contribution < -0.4 is 71.2 Å². The average molecular weight is 1200 g/mol. The van der Waals surface area contributed by atoms with E-state index in [-0.39, 0.29) is 79.3 Å². The highest BCUT2D eigenvalue weighted by Crippen LogP contribution is 2.26. The van der Waals surface area contributed by atoms with Crippen LogP contribution in [0.4, 0.5) is 5.82 Å². The second-order valence-corrected chi connectivity index (χ2v) is 23.6. The van der Waals surface area contributed by atoms with Gasteiger partial charge in [0.2, 0.25) is 29.5 Å². The minimum atomic E-state index is -1.52. The lowest BCUT2D eigenvalue weighted by Gasteiger charge is -2.31. The van der Waals surface area contributed by atoms with Crippen LogP contribution in [0.5, 0.6) is 0 Å². The number of aliphatic hydroxyl groups is 1. The fourth-order valence-corrected chi connectivity index (χ4v) is 10.3. The number of hydrogen-bond acceptors (Lipinski definition) is 22. The molecule has 454 valence electrons. The van der Waals surface area contributed by atoms with Gasteiger partial charge in [0.25, 0.3) is 11.8 Å². The normalized spacial score (nSPS) is 14.4. The first kappa shape index (κ1) is 68.1. The third-order valence-electron chi connectivity index (χ3n) is 12.9. The number of H-pyrrole nitrogens is 1. The first-order valence-electron chi connectivity index (χ1n) is 27.2. The van der Waals surface area contributed by atoms with E-state index >= 15 is 0 Å². The molecule has 4 aromatic heterocycles. The SMILES string of the molecule is Cc1c(N)nc([C@H](CC(N)=O)NC[C@H](N)C(N)=O)nc1C(=O)N[C@@H](Cc1cnc[nH]1)C(=O)N[C@H](CC(C)C)[C@@H](O)[C@H](C)C(=O)N[C@@H](CCS(C)=O)C(=O)NCCc1nc(-c2nc(C(=O)NCCCNCCCCNCCCN)cs2)cs1. The van der Waals surface area contributed by atoms with E-state index in [9.17, 15) is 42.9 Å². The predicted molar refractivity (Wildman–Crippen MR) is 314 cm³/mol. The van der Waals surface area contributed by atoms with Gasteiger partial charge in [0, 0.05) is 89.9 Å². The quantitative estimate of drug-likeness (QED) is 0.0212. The number of aliphatic hydroxyl groups excluding tert-OH is 1. The van der Waals surface area contributed by atoms with E-state index in [1.54, 1.807) is 5.38 Å². The van der Waals surface area contributed by atoms with Crippen LogP contribution >= 0.6 is 22.7 Å². The molecule has 0 spiro atoms. The molecule has 0 aromatic carbocycles. The number of thiazole rings is 2. The molecule has 82 heavy (non-hydrogen) atoms. The van der Waals surface area contributed by atoms with Gasteiger partial charge in [-0.25, -0.2) is 24.9 Å². The lowest BCUT2D eigenvalue weighted by Crippen LogP contribution is -2.57. The number of rotatable bonds is 40. The second-order valence-electron chi connectivity index (χ2n) is 20.2. The molecule has 31 heteroatoms. The minimum absolute atomic E-state index is 0.0161. The predicted octanol–water partition coefficient (Wildman–Crippen LogP) is -2.10. The van der Waals surface area contributed by atoms with E-state index in [0.717, 1.165) is 51.9 Å². The lowest BCUT2D eigenvalue weighted by atomic mass is 9.90. The molecule has 0 radical (unpaired) electrons. The van der Waals surface area contributed by atoms with Crippen molar-refractivity contribution in [3.8, 4) is 10.7 Å². The van der Waals surface area contributed by atoms with E-state index in [0.29, 0.717) is 46.6 Å². The standard InChI is InChI=1S/C51H83N19O9S3/c1-28(2)20-34(66-49(77)36(21-31-23-59-27-63-31)67-50(78)41-29(3)43(55)70-45(69-41)35(22-39(54)71)62-24-32(53)44(56)73)42(72)30(4)46(74)65-33(11-19-82(5)79)47(75)61-18-10-40-64-38(26-80-40)51-68-37(25-81-51)48(76)60-17-9-16-58-14-7-6-13-57-15-8-12-52/h23,25-28,30,32-36,42,57-58,62,72H,6-22,24,52-53H2,1-5H3,(H2,54,71)(H2,56,73)(H,59,63)(H,60,76)(H,61,75)(H,65,74)(H,66,77)(H,67,78)(H2,55,69,70)/t30-,32-,33-,34+,35-,36-,42-,82?/m0/s1. The van der Waals surface area contributed by atoms with Crippen LogP contribution in [0.15, 0.2) is 23.3 Å². The highest BCUT2D eigenvalue weighted by molar-refractivity contribution is 7.84. The van der Waals surface area contributed by atoms with E-state index in [1.165, 1.54) is 55.3 Å². The molecule has 28 nitrogen and oxygen atoms in total. The number of carbonyl (C=O) groups is 7. The largest absolute Gasteiger partial charge is 0.390 e. The molecule has 7 amide bonds. The van der Waals surface area contributed by atoms with Crippen molar-refractivity contribution in [2.45, 2.75) is 122 Å². The molecule has 0 aliphatic heterocycles. The number of aromatic amines is 1. The summed E-state index contributed by atoms with van der Waals surface area (Å²) < 4.78 is 12.2. The van der Waals surface area contributed by atoms with Crippen LogP contribution in [0.25, 0.3) is 10.7 Å². The van der Waals surface area contributed by atoms with Gasteiger partial charge in [-0.1, -0.05) is 20.8 Å². The number of anilines is 1. The van der Waals surface area contributed by atoms with Crippen molar-refractivity contribution in [1.29, 1.82) is 0 Å². The highest BCUT2D eigenvalue weighted by Gasteiger charge is 2.36. The number of unbranched alkanes of at least 4 members (excludes halogenated alkanes) is 1. The molecule has 0 saturated carbocycles. The van der Waals surface area contributed by atoms with Crippen molar-refractivity contribution in [3.63, 3.8) is 0 Å². The number of nitrogen functional groups attached to an aromatic ring is 1. The number of imidazole rings is 1. The van der Waals surface area contributed by atoms with Crippen molar-refractivity contribution >= 4 is 80.6 Å². The molecule has 4 heterocycles. The number of nitrogens with two attached hydrogens (primary N) is 5. The van der Waals surface area contributed by atoms with E-state index in [2.05, 4.69) is 72.4 Å². The first-order chi connectivity index (χ1) is 39.1. The molecule has 1 unspecified atom stereocenters. The van der Waals surface area contributed by atoms with Gasteiger partial charge in [0.15, 0.2) is 0 Å². The molecule has 4 rings (SSSR count). The molecule has 20 N–H and O–H groups in total. The summed E-state index contributed by atoms with van der Waals surface area (Å²) in [5, 5.41) is 40.2. The number of primary amides is 2. The van der Waals surface area contributed by atoms with Gasteiger partial charge in [0.1, 0.15) is 45.8 Å². The van der Waals surface area contributed by atoms with Crippen molar-refractivity contribution < 1.29 is 42.9 Å². The van der Waals surface area contributed by atoms with Gasteiger partial charge in [0.05, 0.1) is 41.5 Å². The van der Waals surface area contributed by atoms with E-state index in [1.807, 2.05) is 19.2 Å². The molecule has 0 fully saturated rings. The van der Waals surface area contributed by atoms with Crippen molar-refractivity contribution in [1.82, 2.24) is 72.4 Å². The number of carbonyl (C=O) groups excluding carboxylic acids is 7. The Kier molecular flexibility index (Phi) is 29.5. The summed E-state index contributed by atoms with van der Waals surface area (Å²) >= 11 is 2.66. The van der Waals surface area contributed by atoms with E-state index < -0.39 is 88.5 Å². The number of nitrogens with zero attached hydrogens (tertiary/aromatic N) is 5. The van der Waals surface area contributed by atoms with E-state index in [4.69, 9.17) is 28.7 Å². The number of hydrogen-bond donors (Lipinski definition) is 15. The molecule has 0 bridgehead atoms. The zero-order chi connectivity index (χ0) is 60.3. The number of aromatic nitrogens is 6. The smallest absolute Gasteiger partial charge is 0.271 e. The Bertz CT molecular complexity index is 2710. The minimum Gasteiger partial charge on any atom is -0.390 e. The maximum atomic E-state index is 14.3. The molecule has 8 atom stereocenters. The summed E-state index contributed by atoms with van der Waals surface area (Å²) in [4.78, 5) is 117. The van der Waals surface area contributed by atoms with Crippen LogP contribution in [0.3, 0.4) is 0 Å². The van der Waals surface area contributed by atoms with Crippen molar-refractivity contribution in [3.05, 3.63) is 56.8 Å². The number of amides is 7. The van der Waals surface area contributed by atoms with Crippen LogP contribution in [0.1, 0.15) is 115 Å². The number of nitrogens with one attached hydrogen (secondary N) is 9. The summed E-state index contributed by atoms with van der Waals surface area (Å²) in [6.45, 7) is 11.4. The molecule has 4 aromatic rings. The Morgan fingerprint density at radius 1 is 0.805 bits per heavy atom. The van der Waals surface area contributed by atoms with Crippen LogP contribution in [0, 0.1) is 18.8 Å². The zero-order valence-corrected chi connectivity index (χ0v) is 49.7. The molecule has 0 aliphatic carbocycles. The zero-order valence-electron chi connectivity index (χ0n) is 47.2. The molecular formula is C51H83N19O9S3. The van der Waals surface area contributed by atoms with Gasteiger partial charge < -0.3 is 81.3 Å². The maximum absolute atomic E-state index is 14.3. The summed E-state index contributed by atoms with van der Waals surface area (Å²) in [7, 11) is -1.32. The third kappa shape index (κ3) is 23.4. The van der Waals surface area contributed by atoms with Crippen molar-refractivity contribution in [2.75, 3.05) is 70.1 Å². The van der Waals surface area contributed by atoms with Gasteiger partial charge in [-0.15, -0.1) is 22.7 Å². The van der Waals surface area contributed by atoms with Crippen LogP contribution in [0.2, 0.25) is 0 Å². The van der Waals surface area contributed by atoms with Gasteiger partial charge >= 0.3 is 0 Å². The molecule has 0 aliphatic rings. The summed E-state index contributed by atoms with van der Waals surface area (Å²) in [5.41, 5.74) is 29.5. The maximum Gasteiger partial charge on any atom is 0.271 e. The fraction of sp³-hybridized carbons (Fsp3) is 0.608. The Hall–Kier alpha value is -6.45. The Labute approximate surface area is 487 Å². The monoisotopic (exact) mass is 1200 g/mol. The Morgan fingerprint density at radius 3 is 2.16 bits per heavy atom. The Balaban J connectivity index is 1.37. The van der Waals surface area contributed by atoms with Crippen molar-refractivity contribution in [2.24, 2.45) is 34.8 Å². The molecule has 0 saturated heterocycles. The van der Waals surface area contributed by atoms with Gasteiger partial charge in [-0.05, 0) is 84.1 Å². The lowest BCUT2D eigenvalue weighted by molar-refractivity contribution is -0.134. The highest BCUT2D eigenvalue weighted by atomic mass is 32.2. The summed E-state index contributed by atoms with van der Waals surface area (Å²) in [6.07, 6.45) is 6.72. The fourth-order valence-electron chi connectivity index (χ4n) is 8.16. The van der Waals surface area contributed by atoms with Gasteiger partial charge in [-0.3, -0.25) is 37.8 Å².